The van der Waals surface area contributed by atoms with Crippen molar-refractivity contribution in [3.8, 4) is 0 Å². The van der Waals surface area contributed by atoms with E-state index < -0.39 is 12.6 Å². The maximum atomic E-state index is 12.0. The Morgan fingerprint density at radius 3 is 2.71 bits per heavy atom. The molecule has 4 N–H and O–H groups in total. The minimum atomic E-state index is -4.14. The highest BCUT2D eigenvalue weighted by Gasteiger charge is 2.26. The Labute approximate surface area is 124 Å². The summed E-state index contributed by atoms with van der Waals surface area (Å²) in [4.78, 5) is 16.2. The van der Waals surface area contributed by atoms with Gasteiger partial charge in [-0.15, -0.1) is 0 Å². The number of alkyl halides is 3. The smallest absolute Gasteiger partial charge is 0.382 e. The molecule has 0 spiro atoms. The van der Waals surface area contributed by atoms with E-state index in [1.165, 1.54) is 0 Å². The quantitative estimate of drug-likeness (QED) is 0.674. The van der Waals surface area contributed by atoms with Crippen molar-refractivity contribution in [1.29, 1.82) is 0 Å². The summed E-state index contributed by atoms with van der Waals surface area (Å²) in [5.41, 5.74) is 5.68. The van der Waals surface area contributed by atoms with Crippen LogP contribution in [-0.2, 0) is 0 Å². The van der Waals surface area contributed by atoms with Crippen molar-refractivity contribution in [3.05, 3.63) is 4.88 Å². The average Bonchev–Trinajstić information content (AvgIpc) is 3.09. The van der Waals surface area contributed by atoms with Crippen molar-refractivity contribution in [1.82, 2.24) is 10.3 Å². The number of carbonyl (C=O) groups excluding carboxylic acids is 1. The lowest BCUT2D eigenvalue weighted by atomic mass is 10.2. The standard InChI is InChI=1S/C12H17F3N4OS/c13-12(14,15)5-1-2-6-17-10(20)8-9(16)19-11(21-8)18-7-3-4-7/h7H,1-6,16H2,(H,17,20)(H,18,19). The summed E-state index contributed by atoms with van der Waals surface area (Å²) in [5.74, 6) is -0.239. The molecule has 1 aliphatic carbocycles. The Hall–Kier alpha value is -1.51. The largest absolute Gasteiger partial charge is 0.389 e. The molecule has 5 nitrogen and oxygen atoms in total. The van der Waals surface area contributed by atoms with E-state index in [1.807, 2.05) is 0 Å². The van der Waals surface area contributed by atoms with Crippen LogP contribution in [0.5, 0.6) is 0 Å². The first-order valence-electron chi connectivity index (χ1n) is 6.73. The Bertz CT molecular complexity index is 499. The van der Waals surface area contributed by atoms with E-state index >= 15 is 0 Å². The van der Waals surface area contributed by atoms with Gasteiger partial charge in [0.05, 0.1) is 0 Å². The molecule has 1 amide bonds. The second-order valence-electron chi connectivity index (χ2n) is 4.98. The zero-order valence-electron chi connectivity index (χ0n) is 11.3. The summed E-state index contributed by atoms with van der Waals surface area (Å²) >= 11 is 1.16. The highest BCUT2D eigenvalue weighted by molar-refractivity contribution is 7.18. The molecule has 21 heavy (non-hydrogen) atoms. The number of rotatable bonds is 7. The normalized spacial score (nSPS) is 15.0. The third-order valence-electron chi connectivity index (χ3n) is 2.94. The zero-order chi connectivity index (χ0) is 15.5. The van der Waals surface area contributed by atoms with Gasteiger partial charge in [0.25, 0.3) is 5.91 Å². The second kappa shape index (κ2) is 6.50. The number of nitrogen functional groups attached to an aromatic ring is 1. The molecule has 0 aliphatic heterocycles. The van der Waals surface area contributed by atoms with E-state index in [0.29, 0.717) is 16.1 Å². The van der Waals surface area contributed by atoms with Gasteiger partial charge in [-0.05, 0) is 25.7 Å². The number of nitrogens with two attached hydrogens (primary N) is 1. The molecule has 1 aromatic rings. The summed E-state index contributed by atoms with van der Waals surface area (Å²) < 4.78 is 35.9. The Kier molecular flexibility index (Phi) is 4.92. The van der Waals surface area contributed by atoms with E-state index in [-0.39, 0.29) is 31.1 Å². The van der Waals surface area contributed by atoms with Gasteiger partial charge in [-0.2, -0.15) is 13.2 Å². The third-order valence-corrected chi connectivity index (χ3v) is 3.94. The molecule has 1 fully saturated rings. The van der Waals surface area contributed by atoms with Crippen LogP contribution < -0.4 is 16.4 Å². The fourth-order valence-electron chi connectivity index (χ4n) is 1.69. The van der Waals surface area contributed by atoms with E-state index in [9.17, 15) is 18.0 Å². The predicted octanol–water partition coefficient (Wildman–Crippen LogP) is 2.76. The molecule has 2 rings (SSSR count). The van der Waals surface area contributed by atoms with Gasteiger partial charge >= 0.3 is 6.18 Å². The Morgan fingerprint density at radius 2 is 2.10 bits per heavy atom. The summed E-state index contributed by atoms with van der Waals surface area (Å²) in [6, 6.07) is 0.411. The van der Waals surface area contributed by atoms with Gasteiger partial charge in [-0.3, -0.25) is 4.79 Å². The van der Waals surface area contributed by atoms with Crippen LogP contribution in [0.4, 0.5) is 24.1 Å². The van der Waals surface area contributed by atoms with Crippen molar-refractivity contribution in [2.24, 2.45) is 0 Å². The fourth-order valence-corrected chi connectivity index (χ4v) is 2.57. The molecule has 9 heteroatoms. The molecule has 1 aromatic heterocycles. The molecule has 0 atom stereocenters. The van der Waals surface area contributed by atoms with Crippen molar-refractivity contribution < 1.29 is 18.0 Å². The minimum absolute atomic E-state index is 0.00353. The number of hydrogen-bond acceptors (Lipinski definition) is 5. The number of halogens is 3. The molecule has 118 valence electrons. The number of hydrogen-bond donors (Lipinski definition) is 3. The molecule has 1 aliphatic rings. The monoisotopic (exact) mass is 322 g/mol. The number of aromatic nitrogens is 1. The molecule has 1 heterocycles. The van der Waals surface area contributed by atoms with Crippen LogP contribution in [0.2, 0.25) is 0 Å². The van der Waals surface area contributed by atoms with Gasteiger partial charge in [0.15, 0.2) is 5.13 Å². The topological polar surface area (TPSA) is 80.0 Å². The van der Waals surface area contributed by atoms with Crippen LogP contribution in [0.1, 0.15) is 41.8 Å². The van der Waals surface area contributed by atoms with Crippen LogP contribution in [-0.4, -0.2) is 29.7 Å². The Morgan fingerprint density at radius 1 is 1.38 bits per heavy atom. The van der Waals surface area contributed by atoms with E-state index in [0.717, 1.165) is 24.2 Å². The summed E-state index contributed by atoms with van der Waals surface area (Å²) in [6.45, 7) is 0.192. The van der Waals surface area contributed by atoms with Crippen molar-refractivity contribution in [3.63, 3.8) is 0 Å². The molecule has 0 bridgehead atoms. The number of carbonyl (C=O) groups is 1. The molecular formula is C12H17F3N4OS. The molecule has 1 saturated carbocycles. The molecule has 0 radical (unpaired) electrons. The van der Waals surface area contributed by atoms with E-state index in [1.54, 1.807) is 0 Å². The van der Waals surface area contributed by atoms with Crippen LogP contribution in [0.15, 0.2) is 0 Å². The first-order valence-corrected chi connectivity index (χ1v) is 7.54. The van der Waals surface area contributed by atoms with E-state index in [2.05, 4.69) is 15.6 Å². The highest BCUT2D eigenvalue weighted by atomic mass is 32.1. The fraction of sp³-hybridized carbons (Fsp3) is 0.667. The summed E-state index contributed by atoms with van der Waals surface area (Å²) in [6.07, 6.45) is -2.54. The van der Waals surface area contributed by atoms with Gasteiger partial charge in [-0.25, -0.2) is 4.98 Å². The lowest BCUT2D eigenvalue weighted by molar-refractivity contribution is -0.135. The lowest BCUT2D eigenvalue weighted by Gasteiger charge is -2.06. The molecule has 0 aromatic carbocycles. The maximum absolute atomic E-state index is 12.0. The number of nitrogens with zero attached hydrogens (tertiary/aromatic N) is 1. The number of nitrogens with one attached hydrogen (secondary N) is 2. The first kappa shape index (κ1) is 15.9. The minimum Gasteiger partial charge on any atom is -0.382 e. The number of amides is 1. The van der Waals surface area contributed by atoms with Gasteiger partial charge in [0, 0.05) is 19.0 Å². The van der Waals surface area contributed by atoms with Gasteiger partial charge in [-0.1, -0.05) is 11.3 Å². The van der Waals surface area contributed by atoms with Gasteiger partial charge < -0.3 is 16.4 Å². The SMILES string of the molecule is Nc1nc(NC2CC2)sc1C(=O)NCCCCC(F)(F)F. The predicted molar refractivity (Wildman–Crippen MR) is 75.4 cm³/mol. The second-order valence-corrected chi connectivity index (χ2v) is 5.98. The molecule has 0 unspecified atom stereocenters. The molecule has 0 saturated heterocycles. The average molecular weight is 322 g/mol. The van der Waals surface area contributed by atoms with Crippen molar-refractivity contribution >= 4 is 28.2 Å². The zero-order valence-corrected chi connectivity index (χ0v) is 12.1. The number of anilines is 2. The molecular weight excluding hydrogens is 305 g/mol. The van der Waals surface area contributed by atoms with Crippen LogP contribution >= 0.6 is 11.3 Å². The summed E-state index contributed by atoms with van der Waals surface area (Å²) in [7, 11) is 0. The summed E-state index contributed by atoms with van der Waals surface area (Å²) in [5, 5.41) is 6.32. The first-order chi connectivity index (χ1) is 9.85. The van der Waals surface area contributed by atoms with Crippen LogP contribution in [0.3, 0.4) is 0 Å². The van der Waals surface area contributed by atoms with Crippen molar-refractivity contribution in [2.75, 3.05) is 17.6 Å². The van der Waals surface area contributed by atoms with Crippen LogP contribution in [0.25, 0.3) is 0 Å². The number of thiazole rings is 1. The van der Waals surface area contributed by atoms with E-state index in [4.69, 9.17) is 5.73 Å². The maximum Gasteiger partial charge on any atom is 0.389 e. The lowest BCUT2D eigenvalue weighted by Crippen LogP contribution is -2.24. The Balaban J connectivity index is 1.73. The third kappa shape index (κ3) is 5.41. The number of unbranched alkanes of at least 4 members (excludes halogenated alkanes) is 1. The van der Waals surface area contributed by atoms with Crippen molar-refractivity contribution in [2.45, 2.75) is 44.3 Å². The van der Waals surface area contributed by atoms with Gasteiger partial charge in [0.1, 0.15) is 10.7 Å². The van der Waals surface area contributed by atoms with Gasteiger partial charge in [0.2, 0.25) is 0 Å². The highest BCUT2D eigenvalue weighted by Crippen LogP contribution is 2.30. The van der Waals surface area contributed by atoms with Crippen LogP contribution in [0, 0.1) is 0 Å².